The first-order valence-corrected chi connectivity index (χ1v) is 8.99. The fourth-order valence-corrected chi connectivity index (χ4v) is 2.70. The number of fused-ring (bicyclic) bond motifs is 1. The zero-order valence-electron chi connectivity index (χ0n) is 15.6. The van der Waals surface area contributed by atoms with Crippen LogP contribution in [0.5, 0.6) is 5.75 Å². The number of oxazole rings is 1. The fourth-order valence-electron chi connectivity index (χ4n) is 2.70. The maximum absolute atomic E-state index is 9.06. The Labute approximate surface area is 158 Å². The Morgan fingerprint density at radius 1 is 1.19 bits per heavy atom. The van der Waals surface area contributed by atoms with E-state index in [1.807, 2.05) is 67.4 Å². The van der Waals surface area contributed by atoms with Gasteiger partial charge in [0, 0.05) is 20.1 Å². The smallest absolute Gasteiger partial charge is 0.298 e. The molecule has 0 bridgehead atoms. The summed E-state index contributed by atoms with van der Waals surface area (Å²) in [5.41, 5.74) is 2.67. The Bertz CT molecular complexity index is 866. The van der Waals surface area contributed by atoms with Gasteiger partial charge in [-0.15, -0.1) is 0 Å². The maximum Gasteiger partial charge on any atom is 0.298 e. The minimum atomic E-state index is -0.410. The average molecular weight is 365 g/mol. The van der Waals surface area contributed by atoms with E-state index in [0.717, 1.165) is 22.4 Å². The lowest BCUT2D eigenvalue weighted by atomic mass is 10.1. The summed E-state index contributed by atoms with van der Waals surface area (Å²) in [6.07, 6.45) is 0.164. The number of hydrogen-bond acceptors (Lipinski definition) is 6. The van der Waals surface area contributed by atoms with Crippen LogP contribution in [-0.4, -0.2) is 37.9 Å². The van der Waals surface area contributed by atoms with Crippen LogP contribution in [0.4, 0.5) is 6.01 Å². The lowest BCUT2D eigenvalue weighted by molar-refractivity contribution is 0.102. The third-order valence-corrected chi connectivity index (χ3v) is 4.16. The van der Waals surface area contributed by atoms with Crippen molar-refractivity contribution in [2.75, 3.05) is 31.7 Å². The predicted molar refractivity (Wildman–Crippen MR) is 104 cm³/mol. The molecular weight excluding hydrogens is 342 g/mol. The molecule has 3 rings (SSSR count). The van der Waals surface area contributed by atoms with Gasteiger partial charge in [-0.1, -0.05) is 24.3 Å². The van der Waals surface area contributed by atoms with E-state index in [1.54, 1.807) is 0 Å². The number of anilines is 1. The molecule has 0 aliphatic rings. The molecule has 6 nitrogen and oxygen atoms in total. The molecule has 3 aromatic rings. The highest BCUT2D eigenvalue weighted by atomic mass is 16.5. The summed E-state index contributed by atoms with van der Waals surface area (Å²) >= 11 is 0. The summed E-state index contributed by atoms with van der Waals surface area (Å²) in [7, 11) is 1.92. The second kappa shape index (κ2) is 9.06. The van der Waals surface area contributed by atoms with E-state index in [-0.39, 0.29) is 0 Å². The van der Waals surface area contributed by atoms with Gasteiger partial charge in [-0.2, -0.15) is 10.2 Å². The molecule has 6 heteroatoms. The molecule has 1 heterocycles. The van der Waals surface area contributed by atoms with Gasteiger partial charge in [0.25, 0.3) is 6.01 Å². The Morgan fingerprint density at radius 3 is 2.67 bits per heavy atom. The Kier molecular flexibility index (Phi) is 6.29. The number of likely N-dealkylation sites (N-methyl/N-ethyl adjacent to an activating group) is 1. The van der Waals surface area contributed by atoms with E-state index < -0.39 is 6.10 Å². The minimum absolute atomic E-state index is 0.410. The lowest BCUT2D eigenvalue weighted by Crippen LogP contribution is -2.23. The van der Waals surface area contributed by atoms with E-state index in [0.29, 0.717) is 32.2 Å². The standard InChI is InChI=1S/C21H23N3O3/c1-3-25-18(15-22)14-16-8-10-17(11-9-16)26-13-12-24(2)21-23-19-6-4-5-7-20(19)27-21/h4-11,18H,3,12-14H2,1-2H3. The molecule has 0 saturated carbocycles. The van der Waals surface area contributed by atoms with Crippen LogP contribution in [0.15, 0.2) is 52.9 Å². The van der Waals surface area contributed by atoms with Gasteiger partial charge in [0.15, 0.2) is 5.58 Å². The van der Waals surface area contributed by atoms with E-state index in [2.05, 4.69) is 11.1 Å². The van der Waals surface area contributed by atoms with Crippen molar-refractivity contribution >= 4 is 17.1 Å². The summed E-state index contributed by atoms with van der Waals surface area (Å²) in [6.45, 7) is 3.58. The first-order chi connectivity index (χ1) is 13.2. The van der Waals surface area contributed by atoms with Crippen LogP contribution in [0.2, 0.25) is 0 Å². The van der Waals surface area contributed by atoms with Gasteiger partial charge in [-0.05, 0) is 36.8 Å². The molecule has 140 valence electrons. The zero-order valence-corrected chi connectivity index (χ0v) is 15.6. The number of rotatable bonds is 9. The summed E-state index contributed by atoms with van der Waals surface area (Å²) in [5, 5.41) is 9.06. The summed E-state index contributed by atoms with van der Waals surface area (Å²) in [5.74, 6) is 0.787. The minimum Gasteiger partial charge on any atom is -0.492 e. The Morgan fingerprint density at radius 2 is 1.96 bits per heavy atom. The number of nitriles is 1. The second-order valence-corrected chi connectivity index (χ2v) is 6.16. The Hall–Kier alpha value is -3.04. The molecule has 27 heavy (non-hydrogen) atoms. The van der Waals surface area contributed by atoms with Crippen LogP contribution >= 0.6 is 0 Å². The van der Waals surface area contributed by atoms with E-state index in [9.17, 15) is 0 Å². The molecule has 0 saturated heterocycles. The SMILES string of the molecule is CCOC(C#N)Cc1ccc(OCCN(C)c2nc3ccccc3o2)cc1. The molecule has 0 amide bonds. The first kappa shape index (κ1) is 18.7. The van der Waals surface area contributed by atoms with Crippen molar-refractivity contribution in [3.8, 4) is 11.8 Å². The monoisotopic (exact) mass is 365 g/mol. The van der Waals surface area contributed by atoms with Gasteiger partial charge in [-0.25, -0.2) is 0 Å². The quantitative estimate of drug-likeness (QED) is 0.574. The summed E-state index contributed by atoms with van der Waals surface area (Å²) in [6, 6.07) is 18.2. The van der Waals surface area contributed by atoms with Crippen molar-refractivity contribution in [3.63, 3.8) is 0 Å². The van der Waals surface area contributed by atoms with Crippen LogP contribution in [0.1, 0.15) is 12.5 Å². The molecule has 0 fully saturated rings. The lowest BCUT2D eigenvalue weighted by Gasteiger charge is -2.15. The van der Waals surface area contributed by atoms with Gasteiger partial charge in [0.05, 0.1) is 12.6 Å². The van der Waals surface area contributed by atoms with E-state index in [4.69, 9.17) is 19.2 Å². The molecule has 1 aromatic heterocycles. The largest absolute Gasteiger partial charge is 0.492 e. The van der Waals surface area contributed by atoms with Crippen molar-refractivity contribution in [2.45, 2.75) is 19.4 Å². The normalized spacial score (nSPS) is 11.9. The molecule has 0 aliphatic carbocycles. The van der Waals surface area contributed by atoms with Crippen molar-refractivity contribution in [1.82, 2.24) is 4.98 Å². The van der Waals surface area contributed by atoms with Gasteiger partial charge < -0.3 is 18.8 Å². The molecule has 0 radical (unpaired) electrons. The highest BCUT2D eigenvalue weighted by Crippen LogP contribution is 2.20. The third kappa shape index (κ3) is 4.99. The highest BCUT2D eigenvalue weighted by Gasteiger charge is 2.10. The zero-order chi connectivity index (χ0) is 19.1. The molecule has 2 aromatic carbocycles. The van der Waals surface area contributed by atoms with E-state index >= 15 is 0 Å². The fraction of sp³-hybridized carbons (Fsp3) is 0.333. The van der Waals surface area contributed by atoms with E-state index in [1.165, 1.54) is 0 Å². The van der Waals surface area contributed by atoms with Crippen molar-refractivity contribution < 1.29 is 13.9 Å². The second-order valence-electron chi connectivity index (χ2n) is 6.16. The van der Waals surface area contributed by atoms with Gasteiger partial charge in [-0.3, -0.25) is 0 Å². The molecule has 0 aliphatic heterocycles. The van der Waals surface area contributed by atoms with Gasteiger partial charge >= 0.3 is 0 Å². The van der Waals surface area contributed by atoms with Crippen LogP contribution in [0, 0.1) is 11.3 Å². The number of hydrogen-bond donors (Lipinski definition) is 0. The van der Waals surface area contributed by atoms with Crippen molar-refractivity contribution in [3.05, 3.63) is 54.1 Å². The highest BCUT2D eigenvalue weighted by molar-refractivity contribution is 5.74. The van der Waals surface area contributed by atoms with Crippen LogP contribution in [0.3, 0.4) is 0 Å². The number of ether oxygens (including phenoxy) is 2. The Balaban J connectivity index is 1.49. The number of nitrogens with zero attached hydrogens (tertiary/aromatic N) is 3. The van der Waals surface area contributed by atoms with Crippen LogP contribution in [-0.2, 0) is 11.2 Å². The van der Waals surface area contributed by atoms with Gasteiger partial charge in [0.1, 0.15) is 24.0 Å². The number of para-hydroxylation sites is 2. The summed E-state index contributed by atoms with van der Waals surface area (Å²) < 4.78 is 16.9. The molecule has 1 unspecified atom stereocenters. The van der Waals surface area contributed by atoms with Crippen molar-refractivity contribution in [1.29, 1.82) is 5.26 Å². The van der Waals surface area contributed by atoms with Gasteiger partial charge in [0.2, 0.25) is 0 Å². The number of benzene rings is 2. The molecular formula is C21H23N3O3. The molecule has 1 atom stereocenters. The number of aromatic nitrogens is 1. The average Bonchev–Trinajstić information content (AvgIpc) is 3.13. The van der Waals surface area contributed by atoms with Crippen molar-refractivity contribution in [2.24, 2.45) is 0 Å². The third-order valence-electron chi connectivity index (χ3n) is 4.16. The maximum atomic E-state index is 9.06. The topological polar surface area (TPSA) is 71.5 Å². The molecule has 0 N–H and O–H groups in total. The predicted octanol–water partition coefficient (Wildman–Crippen LogP) is 3.81. The first-order valence-electron chi connectivity index (χ1n) is 8.99. The van der Waals surface area contributed by atoms with Crippen LogP contribution in [0.25, 0.3) is 11.1 Å². The molecule has 0 spiro atoms. The van der Waals surface area contributed by atoms with Crippen LogP contribution < -0.4 is 9.64 Å². The summed E-state index contributed by atoms with van der Waals surface area (Å²) in [4.78, 5) is 6.39.